The molecule has 2 aromatic rings. The monoisotopic (exact) mass is 291 g/mol. The van der Waals surface area contributed by atoms with Gasteiger partial charge in [-0.15, -0.1) is 21.5 Å². The van der Waals surface area contributed by atoms with Crippen molar-refractivity contribution < 1.29 is 0 Å². The van der Waals surface area contributed by atoms with Crippen LogP contribution in [0.3, 0.4) is 0 Å². The van der Waals surface area contributed by atoms with Crippen LogP contribution in [0.5, 0.6) is 0 Å². The van der Waals surface area contributed by atoms with Crippen LogP contribution in [-0.4, -0.2) is 16.2 Å². The van der Waals surface area contributed by atoms with E-state index in [1.165, 1.54) is 42.7 Å². The van der Waals surface area contributed by atoms with Crippen molar-refractivity contribution in [2.75, 3.05) is 0 Å². The van der Waals surface area contributed by atoms with Crippen molar-refractivity contribution in [3.63, 3.8) is 0 Å². The van der Waals surface area contributed by atoms with Gasteiger partial charge in [0.15, 0.2) is 0 Å². The topological polar surface area (TPSA) is 37.8 Å². The summed E-state index contributed by atoms with van der Waals surface area (Å²) in [5.74, 6) is 0.502. The molecule has 0 aliphatic heterocycles. The Bertz CT molecular complexity index is 571. The fraction of sp³-hybridized carbons (Fsp3) is 0.571. The lowest BCUT2D eigenvalue weighted by atomic mass is 9.88. The lowest BCUT2D eigenvalue weighted by Crippen LogP contribution is -2.14. The Morgan fingerprint density at radius 2 is 2.21 bits per heavy atom. The van der Waals surface area contributed by atoms with Crippen molar-refractivity contribution in [2.45, 2.75) is 50.6 Å². The Kier molecular flexibility index (Phi) is 3.13. The van der Waals surface area contributed by atoms with Gasteiger partial charge < -0.3 is 5.32 Å². The van der Waals surface area contributed by atoms with Crippen LogP contribution in [0.4, 0.5) is 0 Å². The minimum atomic E-state index is 0.502. The molecule has 0 spiro atoms. The maximum atomic E-state index is 4.45. The van der Waals surface area contributed by atoms with E-state index in [9.17, 15) is 0 Å². The zero-order chi connectivity index (χ0) is 12.7. The Labute approximate surface area is 121 Å². The lowest BCUT2D eigenvalue weighted by Gasteiger charge is -2.19. The fourth-order valence-electron chi connectivity index (χ4n) is 2.74. The molecule has 1 N–H and O–H groups in total. The third-order valence-electron chi connectivity index (χ3n) is 3.95. The number of fused-ring (bicyclic) bond motifs is 1. The molecule has 0 bridgehead atoms. The summed E-state index contributed by atoms with van der Waals surface area (Å²) in [6.07, 6.45) is 6.42. The molecule has 4 rings (SSSR count). The molecular weight excluding hydrogens is 274 g/mol. The van der Waals surface area contributed by atoms with Gasteiger partial charge in [0.1, 0.15) is 10.0 Å². The molecule has 100 valence electrons. The molecule has 0 aromatic carbocycles. The number of nitrogens with zero attached hydrogens (tertiary/aromatic N) is 2. The van der Waals surface area contributed by atoms with Gasteiger partial charge in [-0.2, -0.15) is 0 Å². The number of hydrogen-bond donors (Lipinski definition) is 1. The number of hydrogen-bond acceptors (Lipinski definition) is 5. The summed E-state index contributed by atoms with van der Waals surface area (Å²) in [6, 6.07) is 3.03. The van der Waals surface area contributed by atoms with E-state index in [1.807, 2.05) is 11.3 Å². The Hall–Kier alpha value is -0.780. The van der Waals surface area contributed by atoms with Crippen LogP contribution in [0.25, 0.3) is 0 Å². The quantitative estimate of drug-likeness (QED) is 0.939. The molecule has 0 amide bonds. The second kappa shape index (κ2) is 4.96. The Morgan fingerprint density at radius 1 is 1.26 bits per heavy atom. The molecule has 1 fully saturated rings. The van der Waals surface area contributed by atoms with Crippen LogP contribution >= 0.6 is 22.7 Å². The summed E-state index contributed by atoms with van der Waals surface area (Å²) in [6.45, 7) is 0.894. The number of nitrogens with one attached hydrogen (secondary N) is 1. The highest BCUT2D eigenvalue weighted by Crippen LogP contribution is 2.40. The molecule has 0 radical (unpaired) electrons. The second-order valence-corrected chi connectivity index (χ2v) is 7.53. The third-order valence-corrected chi connectivity index (χ3v) is 5.99. The van der Waals surface area contributed by atoms with E-state index < -0.39 is 0 Å². The summed E-state index contributed by atoms with van der Waals surface area (Å²) in [5, 5.41) is 16.9. The molecular formula is C14H17N3S2. The van der Waals surface area contributed by atoms with E-state index in [1.54, 1.807) is 16.2 Å². The smallest absolute Gasteiger partial charge is 0.131 e. The number of thiophene rings is 1. The molecule has 1 saturated carbocycles. The largest absolute Gasteiger partial charge is 0.308 e. The van der Waals surface area contributed by atoms with Gasteiger partial charge in [0, 0.05) is 23.4 Å². The summed E-state index contributed by atoms with van der Waals surface area (Å²) >= 11 is 3.69. The second-order valence-electron chi connectivity index (χ2n) is 5.43. The van der Waals surface area contributed by atoms with Crippen molar-refractivity contribution in [3.8, 4) is 0 Å². The van der Waals surface area contributed by atoms with Gasteiger partial charge in [-0.3, -0.25) is 0 Å². The first kappa shape index (κ1) is 12.0. The average molecular weight is 291 g/mol. The number of aromatic nitrogens is 2. The normalized spacial score (nSPS) is 22.4. The van der Waals surface area contributed by atoms with Gasteiger partial charge >= 0.3 is 0 Å². The van der Waals surface area contributed by atoms with Crippen molar-refractivity contribution in [2.24, 2.45) is 0 Å². The van der Waals surface area contributed by atoms with E-state index in [0.717, 1.165) is 17.6 Å². The highest BCUT2D eigenvalue weighted by molar-refractivity contribution is 7.11. The van der Waals surface area contributed by atoms with E-state index in [4.69, 9.17) is 0 Å². The molecule has 2 aromatic heterocycles. The first-order valence-electron chi connectivity index (χ1n) is 7.02. The van der Waals surface area contributed by atoms with Crippen molar-refractivity contribution in [3.05, 3.63) is 31.9 Å². The maximum absolute atomic E-state index is 4.45. The Morgan fingerprint density at radius 3 is 3.11 bits per heavy atom. The predicted octanol–water partition coefficient (Wildman–Crippen LogP) is 3.32. The molecule has 2 aliphatic carbocycles. The van der Waals surface area contributed by atoms with Crippen LogP contribution in [-0.2, 0) is 13.0 Å². The summed E-state index contributed by atoms with van der Waals surface area (Å²) < 4.78 is 0. The molecule has 0 saturated heterocycles. The minimum Gasteiger partial charge on any atom is -0.308 e. The molecule has 3 nitrogen and oxygen atoms in total. The zero-order valence-electron chi connectivity index (χ0n) is 10.8. The van der Waals surface area contributed by atoms with Gasteiger partial charge in [-0.05, 0) is 49.1 Å². The Balaban J connectivity index is 1.53. The highest BCUT2D eigenvalue weighted by Gasteiger charge is 2.26. The zero-order valence-corrected chi connectivity index (χ0v) is 12.4. The lowest BCUT2D eigenvalue weighted by molar-refractivity contribution is 0.616. The third kappa shape index (κ3) is 2.47. The molecule has 1 unspecified atom stereocenters. The van der Waals surface area contributed by atoms with E-state index in [-0.39, 0.29) is 0 Å². The van der Waals surface area contributed by atoms with Gasteiger partial charge in [0.05, 0.1) is 0 Å². The van der Waals surface area contributed by atoms with Crippen molar-refractivity contribution in [1.29, 1.82) is 0 Å². The summed E-state index contributed by atoms with van der Waals surface area (Å²) in [4.78, 5) is 1.56. The SMILES string of the molecule is c1cc2c(s1)CCCC2c1nnc(CNC2CC2)s1. The summed E-state index contributed by atoms with van der Waals surface area (Å²) in [5.41, 5.74) is 1.51. The maximum Gasteiger partial charge on any atom is 0.131 e. The molecule has 19 heavy (non-hydrogen) atoms. The van der Waals surface area contributed by atoms with Gasteiger partial charge in [-0.25, -0.2) is 0 Å². The van der Waals surface area contributed by atoms with Crippen LogP contribution in [0.2, 0.25) is 0 Å². The van der Waals surface area contributed by atoms with Gasteiger partial charge in [0.25, 0.3) is 0 Å². The van der Waals surface area contributed by atoms with Crippen LogP contribution in [0.15, 0.2) is 11.4 Å². The van der Waals surface area contributed by atoms with Crippen molar-refractivity contribution >= 4 is 22.7 Å². The molecule has 1 atom stereocenters. The standard InChI is InChI=1S/C14H17N3S2/c1-2-11(10-6-7-18-12(10)3-1)14-17-16-13(19-14)8-15-9-4-5-9/h6-7,9,11,15H,1-5,8H2. The first-order valence-corrected chi connectivity index (χ1v) is 8.71. The average Bonchev–Trinajstić information content (AvgIpc) is 2.96. The summed E-state index contributed by atoms with van der Waals surface area (Å²) in [7, 11) is 0. The van der Waals surface area contributed by atoms with Crippen molar-refractivity contribution in [1.82, 2.24) is 15.5 Å². The van der Waals surface area contributed by atoms with Gasteiger partial charge in [0.2, 0.25) is 0 Å². The van der Waals surface area contributed by atoms with Crippen LogP contribution in [0.1, 0.15) is 52.1 Å². The highest BCUT2D eigenvalue weighted by atomic mass is 32.1. The molecule has 5 heteroatoms. The molecule has 2 heterocycles. The van der Waals surface area contributed by atoms with E-state index in [2.05, 4.69) is 27.0 Å². The molecule has 2 aliphatic rings. The van der Waals surface area contributed by atoms with E-state index >= 15 is 0 Å². The number of rotatable bonds is 4. The van der Waals surface area contributed by atoms with Gasteiger partial charge in [-0.1, -0.05) is 11.3 Å². The van der Waals surface area contributed by atoms with Crippen LogP contribution in [0, 0.1) is 0 Å². The van der Waals surface area contributed by atoms with E-state index in [0.29, 0.717) is 5.92 Å². The fourth-order valence-corrected chi connectivity index (χ4v) is 4.68. The minimum absolute atomic E-state index is 0.502. The number of aryl methyl sites for hydroxylation is 1. The first-order chi connectivity index (χ1) is 9.40. The van der Waals surface area contributed by atoms with Crippen LogP contribution < -0.4 is 5.32 Å². The predicted molar refractivity (Wildman–Crippen MR) is 78.9 cm³/mol.